The summed E-state index contributed by atoms with van der Waals surface area (Å²) in [7, 11) is -2.96. The van der Waals surface area contributed by atoms with Crippen LogP contribution in [0.2, 0.25) is 0 Å². The summed E-state index contributed by atoms with van der Waals surface area (Å²) in [6.07, 6.45) is 2.08. The van der Waals surface area contributed by atoms with E-state index in [4.69, 9.17) is 5.73 Å². The maximum Gasteiger partial charge on any atom is 0.156 e. The summed E-state index contributed by atoms with van der Waals surface area (Å²) in [5.74, 6) is 0.180. The second-order valence-electron chi connectivity index (χ2n) is 3.30. The van der Waals surface area contributed by atoms with Gasteiger partial charge in [0.2, 0.25) is 0 Å². The zero-order valence-corrected chi connectivity index (χ0v) is 8.42. The van der Waals surface area contributed by atoms with E-state index in [1.165, 1.54) is 0 Å². The maximum atomic E-state index is 11.3. The molecule has 0 fully saturated rings. The van der Waals surface area contributed by atoms with E-state index in [0.29, 0.717) is 24.4 Å². The third-order valence-electron chi connectivity index (χ3n) is 2.20. The van der Waals surface area contributed by atoms with Crippen LogP contribution in [-0.2, 0) is 28.6 Å². The van der Waals surface area contributed by atoms with Gasteiger partial charge >= 0.3 is 0 Å². The summed E-state index contributed by atoms with van der Waals surface area (Å²) in [5, 5.41) is 0. The van der Waals surface area contributed by atoms with Gasteiger partial charge in [0.1, 0.15) is 0 Å². The van der Waals surface area contributed by atoms with Crippen LogP contribution >= 0.6 is 0 Å². The van der Waals surface area contributed by atoms with Gasteiger partial charge in [-0.15, -0.1) is 0 Å². The highest BCUT2D eigenvalue weighted by Crippen LogP contribution is 2.16. The van der Waals surface area contributed by atoms with Crippen LogP contribution in [0.15, 0.2) is 6.20 Å². The molecule has 0 spiro atoms. The predicted octanol–water partition coefficient (Wildman–Crippen LogP) is -0.594. The molecule has 0 radical (unpaired) electrons. The molecule has 1 aromatic rings. The van der Waals surface area contributed by atoms with Crippen molar-refractivity contribution in [3.8, 4) is 0 Å². The first-order valence-electron chi connectivity index (χ1n) is 4.35. The molecule has 0 unspecified atom stereocenters. The Bertz CT molecular complexity index is 456. The Morgan fingerprint density at radius 2 is 2.21 bits per heavy atom. The Balaban J connectivity index is 2.44. The fraction of sp³-hybridized carbons (Fsp3) is 0.500. The Labute approximate surface area is 82.3 Å². The monoisotopic (exact) mass is 213 g/mol. The minimum atomic E-state index is -2.96. The fourth-order valence-electron chi connectivity index (χ4n) is 1.45. The Hall–Kier alpha value is -1.01. The molecule has 76 valence electrons. The average molecular weight is 213 g/mol. The van der Waals surface area contributed by atoms with Gasteiger partial charge in [0.25, 0.3) is 0 Å². The first-order valence-corrected chi connectivity index (χ1v) is 6.17. The molecular formula is C8H11N3O2S. The number of hydrogen-bond donors (Lipinski definition) is 1. The van der Waals surface area contributed by atoms with E-state index in [9.17, 15) is 8.42 Å². The van der Waals surface area contributed by atoms with Gasteiger partial charge < -0.3 is 5.73 Å². The third-order valence-corrected chi connectivity index (χ3v) is 3.74. The van der Waals surface area contributed by atoms with Gasteiger partial charge in [0.15, 0.2) is 9.84 Å². The molecule has 1 aliphatic heterocycles. The lowest BCUT2D eigenvalue weighted by Gasteiger charge is -2.14. The first kappa shape index (κ1) is 9.54. The van der Waals surface area contributed by atoms with Gasteiger partial charge in [0.05, 0.1) is 34.8 Å². The highest BCUT2D eigenvalue weighted by molar-refractivity contribution is 7.90. The number of nitrogens with zero attached hydrogens (tertiary/aromatic N) is 2. The number of aromatic nitrogens is 2. The Kier molecular flexibility index (Phi) is 2.24. The van der Waals surface area contributed by atoms with Crippen LogP contribution in [0, 0.1) is 0 Å². The van der Waals surface area contributed by atoms with E-state index in [2.05, 4.69) is 9.97 Å². The van der Waals surface area contributed by atoms with Crippen molar-refractivity contribution in [2.75, 3.05) is 5.75 Å². The number of rotatable bonds is 1. The minimum Gasteiger partial charge on any atom is -0.325 e. The highest BCUT2D eigenvalue weighted by Gasteiger charge is 2.23. The summed E-state index contributed by atoms with van der Waals surface area (Å²) in [6, 6.07) is 0. The van der Waals surface area contributed by atoms with E-state index in [0.717, 1.165) is 5.69 Å². The van der Waals surface area contributed by atoms with Crippen LogP contribution in [-0.4, -0.2) is 24.1 Å². The predicted molar refractivity (Wildman–Crippen MR) is 51.1 cm³/mol. The maximum absolute atomic E-state index is 11.3. The molecular weight excluding hydrogens is 202 g/mol. The lowest BCUT2D eigenvalue weighted by atomic mass is 10.2. The van der Waals surface area contributed by atoms with Crippen LogP contribution in [0.4, 0.5) is 0 Å². The van der Waals surface area contributed by atoms with Crippen LogP contribution in [0.1, 0.15) is 17.1 Å². The molecule has 0 aromatic carbocycles. The molecule has 0 saturated heterocycles. The normalized spacial score (nSPS) is 18.9. The minimum absolute atomic E-state index is 0.00315. The Morgan fingerprint density at radius 1 is 1.43 bits per heavy atom. The molecule has 0 amide bonds. The topological polar surface area (TPSA) is 85.9 Å². The van der Waals surface area contributed by atoms with Crippen molar-refractivity contribution in [3.63, 3.8) is 0 Å². The standard InChI is InChI=1S/C8H11N3O2S/c9-3-6-4-10-7-1-2-14(12,13)5-8(7)11-6/h4H,1-3,5,9H2. The quantitative estimate of drug-likeness (QED) is 0.673. The number of aryl methyl sites for hydroxylation is 1. The summed E-state index contributed by atoms with van der Waals surface area (Å²) >= 11 is 0. The smallest absolute Gasteiger partial charge is 0.156 e. The second kappa shape index (κ2) is 3.29. The number of sulfone groups is 1. The van der Waals surface area contributed by atoms with Crippen LogP contribution < -0.4 is 5.73 Å². The third kappa shape index (κ3) is 1.76. The molecule has 0 aliphatic carbocycles. The van der Waals surface area contributed by atoms with Gasteiger partial charge in [-0.2, -0.15) is 0 Å². The lowest BCUT2D eigenvalue weighted by Crippen LogP contribution is -2.22. The summed E-state index contributed by atoms with van der Waals surface area (Å²) in [5.41, 5.74) is 7.40. The van der Waals surface area contributed by atoms with Crippen molar-refractivity contribution in [2.45, 2.75) is 18.7 Å². The van der Waals surface area contributed by atoms with Gasteiger partial charge in [-0.25, -0.2) is 8.42 Å². The largest absolute Gasteiger partial charge is 0.325 e. The van der Waals surface area contributed by atoms with Crippen molar-refractivity contribution in [3.05, 3.63) is 23.3 Å². The van der Waals surface area contributed by atoms with Crippen LogP contribution in [0.5, 0.6) is 0 Å². The van der Waals surface area contributed by atoms with Crippen molar-refractivity contribution in [1.82, 2.24) is 9.97 Å². The van der Waals surface area contributed by atoms with Gasteiger partial charge in [-0.3, -0.25) is 9.97 Å². The van der Waals surface area contributed by atoms with Gasteiger partial charge in [-0.05, 0) is 0 Å². The molecule has 1 aromatic heterocycles. The lowest BCUT2D eigenvalue weighted by molar-refractivity contribution is 0.589. The van der Waals surface area contributed by atoms with E-state index >= 15 is 0 Å². The van der Waals surface area contributed by atoms with E-state index < -0.39 is 9.84 Å². The molecule has 0 bridgehead atoms. The molecule has 6 heteroatoms. The molecule has 14 heavy (non-hydrogen) atoms. The van der Waals surface area contributed by atoms with Gasteiger partial charge in [-0.1, -0.05) is 0 Å². The van der Waals surface area contributed by atoms with Crippen LogP contribution in [0.3, 0.4) is 0 Å². The first-order chi connectivity index (χ1) is 6.61. The number of hydrogen-bond acceptors (Lipinski definition) is 5. The molecule has 0 atom stereocenters. The van der Waals surface area contributed by atoms with E-state index in [1.807, 2.05) is 0 Å². The molecule has 2 rings (SSSR count). The van der Waals surface area contributed by atoms with Gasteiger partial charge in [0, 0.05) is 13.0 Å². The summed E-state index contributed by atoms with van der Waals surface area (Å²) in [6.45, 7) is 0.292. The SMILES string of the molecule is NCc1cnc2c(n1)CS(=O)(=O)CC2. The number of nitrogens with two attached hydrogens (primary N) is 1. The second-order valence-corrected chi connectivity index (χ2v) is 5.48. The van der Waals surface area contributed by atoms with Crippen molar-refractivity contribution >= 4 is 9.84 Å². The highest BCUT2D eigenvalue weighted by atomic mass is 32.2. The van der Waals surface area contributed by atoms with Crippen molar-refractivity contribution < 1.29 is 8.42 Å². The van der Waals surface area contributed by atoms with Crippen molar-refractivity contribution in [2.24, 2.45) is 5.73 Å². The Morgan fingerprint density at radius 3 is 2.93 bits per heavy atom. The fourth-order valence-corrected chi connectivity index (χ4v) is 2.75. The summed E-state index contributed by atoms with van der Waals surface area (Å²) in [4.78, 5) is 8.31. The molecule has 2 heterocycles. The van der Waals surface area contributed by atoms with Crippen molar-refractivity contribution in [1.29, 1.82) is 0 Å². The molecule has 1 aliphatic rings. The van der Waals surface area contributed by atoms with E-state index in [1.54, 1.807) is 6.20 Å². The van der Waals surface area contributed by atoms with E-state index in [-0.39, 0.29) is 11.5 Å². The zero-order chi connectivity index (χ0) is 10.2. The zero-order valence-electron chi connectivity index (χ0n) is 7.60. The summed E-state index contributed by atoms with van der Waals surface area (Å²) < 4.78 is 22.6. The molecule has 5 nitrogen and oxygen atoms in total. The number of fused-ring (bicyclic) bond motifs is 1. The average Bonchev–Trinajstić information content (AvgIpc) is 2.15. The molecule has 0 saturated carbocycles. The molecule has 2 N–H and O–H groups in total. The van der Waals surface area contributed by atoms with Crippen LogP contribution in [0.25, 0.3) is 0 Å².